The van der Waals surface area contributed by atoms with E-state index in [0.717, 1.165) is 25.7 Å². The summed E-state index contributed by atoms with van der Waals surface area (Å²) in [5.74, 6) is -0.437. The molecule has 0 fully saturated rings. The van der Waals surface area contributed by atoms with Crippen molar-refractivity contribution in [1.82, 2.24) is 0 Å². The lowest BCUT2D eigenvalue weighted by Gasteiger charge is -2.28. The van der Waals surface area contributed by atoms with Gasteiger partial charge in [0.05, 0.1) is 40.1 Å². The van der Waals surface area contributed by atoms with Crippen molar-refractivity contribution >= 4 is 13.8 Å². The largest absolute Gasteiger partial charge is 0.756 e. The van der Waals surface area contributed by atoms with Crippen LogP contribution in [-0.4, -0.2) is 75.3 Å². The van der Waals surface area contributed by atoms with Gasteiger partial charge < -0.3 is 33.0 Å². The Morgan fingerprint density at radius 2 is 1.23 bits per heavy atom. The molecule has 0 radical (unpaired) electrons. The predicted octanol–water partition coefficient (Wildman–Crippen LogP) is 11.6. The summed E-state index contributed by atoms with van der Waals surface area (Å²) in [6, 6.07) is 0. The van der Waals surface area contributed by atoms with E-state index in [1.54, 1.807) is 12.3 Å². The van der Waals surface area contributed by atoms with Gasteiger partial charge in [-0.1, -0.05) is 159 Å². The number of likely N-dealkylation sites (N-methyl/N-ethyl adjacent to an activating group) is 1. The van der Waals surface area contributed by atoms with Crippen LogP contribution in [0.1, 0.15) is 168 Å². The summed E-state index contributed by atoms with van der Waals surface area (Å²) in [5, 5.41) is 10.0. The van der Waals surface area contributed by atoms with Crippen LogP contribution in [0.2, 0.25) is 0 Å². The molecule has 0 aromatic rings. The van der Waals surface area contributed by atoms with E-state index in [4.69, 9.17) is 18.5 Å². The molecule has 0 heterocycles. The maximum Gasteiger partial charge on any atom is 0.306 e. The highest BCUT2D eigenvalue weighted by molar-refractivity contribution is 7.45. The number of allylic oxidation sites excluding steroid dienone is 7. The van der Waals surface area contributed by atoms with Crippen LogP contribution in [0.3, 0.4) is 0 Å². The van der Waals surface area contributed by atoms with Gasteiger partial charge in [-0.05, 0) is 57.4 Å². The van der Waals surface area contributed by atoms with Gasteiger partial charge in [0.2, 0.25) is 0 Å². The molecule has 0 spiro atoms. The maximum absolute atomic E-state index is 12.6. The van der Waals surface area contributed by atoms with Crippen molar-refractivity contribution in [3.05, 3.63) is 60.9 Å². The molecule has 3 atom stereocenters. The number of esters is 1. The van der Waals surface area contributed by atoms with E-state index >= 15 is 0 Å². The Labute approximate surface area is 343 Å². The average molecular weight is 810 g/mol. The Morgan fingerprint density at radius 3 is 1.88 bits per heavy atom. The Morgan fingerprint density at radius 1 is 0.679 bits per heavy atom. The number of unbranched alkanes of at least 4 members (excludes halogenated alkanes) is 18. The Balaban J connectivity index is 4.46. The van der Waals surface area contributed by atoms with E-state index in [0.29, 0.717) is 30.3 Å². The number of nitrogens with zero attached hydrogens (tertiary/aromatic N) is 1. The molecule has 0 amide bonds. The van der Waals surface area contributed by atoms with Crippen LogP contribution in [0.4, 0.5) is 0 Å². The normalized spacial score (nSPS) is 14.8. The number of phosphoric ester groups is 1. The smallest absolute Gasteiger partial charge is 0.306 e. The number of hydrogen-bond donors (Lipinski definition) is 1. The van der Waals surface area contributed by atoms with Gasteiger partial charge >= 0.3 is 5.97 Å². The number of ether oxygens (including phenoxy) is 2. The third kappa shape index (κ3) is 41.6. The molecular weight excluding hydrogens is 725 g/mol. The fraction of sp³-hybridized carbons (Fsp3) is 0.761. The van der Waals surface area contributed by atoms with Crippen LogP contribution < -0.4 is 4.89 Å². The summed E-state index contributed by atoms with van der Waals surface area (Å²) in [6.45, 7) is 4.54. The van der Waals surface area contributed by atoms with Crippen LogP contribution in [0, 0.1) is 0 Å². The van der Waals surface area contributed by atoms with E-state index in [1.165, 1.54) is 103 Å². The van der Waals surface area contributed by atoms with Gasteiger partial charge in [-0.25, -0.2) is 0 Å². The van der Waals surface area contributed by atoms with E-state index in [-0.39, 0.29) is 26.2 Å². The number of carbonyl (C=O) groups excluding carboxylic acids is 1. The third-order valence-corrected chi connectivity index (χ3v) is 10.2. The first kappa shape index (κ1) is 54.0. The minimum atomic E-state index is -4.57. The second-order valence-electron chi connectivity index (χ2n) is 16.0. The Kier molecular flexibility index (Phi) is 37.1. The van der Waals surface area contributed by atoms with Gasteiger partial charge in [0, 0.05) is 6.42 Å². The van der Waals surface area contributed by atoms with Gasteiger partial charge in [-0.2, -0.15) is 0 Å². The second kappa shape index (κ2) is 38.5. The lowest BCUT2D eigenvalue weighted by Crippen LogP contribution is -2.37. The molecule has 326 valence electrons. The zero-order chi connectivity index (χ0) is 41.4. The van der Waals surface area contributed by atoms with Crippen LogP contribution in [0.25, 0.3) is 0 Å². The fourth-order valence-electron chi connectivity index (χ4n) is 5.71. The fourth-order valence-corrected chi connectivity index (χ4v) is 6.43. The van der Waals surface area contributed by atoms with Gasteiger partial charge in [-0.3, -0.25) is 9.36 Å². The average Bonchev–Trinajstić information content (AvgIpc) is 3.14. The monoisotopic (exact) mass is 810 g/mol. The topological polar surface area (TPSA) is 114 Å². The molecule has 0 saturated carbocycles. The van der Waals surface area contributed by atoms with Gasteiger partial charge in [0.1, 0.15) is 19.8 Å². The SMILES string of the molecule is CCCCC/C=C\CC(O)/C=C/C=C\C/C=C\CCCC(=O)OC(CO/C=C\CCCCCCCCCCCCCCCC)COP(=O)([O-])OCC[N+](C)(C)C. The lowest BCUT2D eigenvalue weighted by molar-refractivity contribution is -0.870. The molecule has 0 aliphatic carbocycles. The molecule has 0 aliphatic heterocycles. The molecule has 0 rings (SSSR count). The minimum absolute atomic E-state index is 0.00646. The number of aliphatic hydroxyl groups is 1. The molecule has 3 unspecified atom stereocenters. The van der Waals surface area contributed by atoms with Crippen molar-refractivity contribution in [2.75, 3.05) is 47.5 Å². The zero-order valence-electron chi connectivity index (χ0n) is 36.4. The summed E-state index contributed by atoms with van der Waals surface area (Å²) < 4.78 is 34.2. The summed E-state index contributed by atoms with van der Waals surface area (Å²) >= 11 is 0. The summed E-state index contributed by atoms with van der Waals surface area (Å²) in [4.78, 5) is 25.0. The summed E-state index contributed by atoms with van der Waals surface area (Å²) in [7, 11) is 1.25. The number of quaternary nitrogens is 1. The van der Waals surface area contributed by atoms with Crippen molar-refractivity contribution in [1.29, 1.82) is 0 Å². The van der Waals surface area contributed by atoms with Gasteiger partial charge in [0.25, 0.3) is 7.82 Å². The summed E-state index contributed by atoms with van der Waals surface area (Å²) in [5.41, 5.74) is 0. The predicted molar refractivity (Wildman–Crippen MR) is 232 cm³/mol. The molecule has 0 saturated heterocycles. The Bertz CT molecular complexity index is 1100. The van der Waals surface area contributed by atoms with Crippen molar-refractivity contribution in [2.45, 2.75) is 180 Å². The highest BCUT2D eigenvalue weighted by Crippen LogP contribution is 2.38. The standard InChI is InChI=1S/C46H84NO8P/c1-6-8-10-12-14-15-16-17-18-19-20-21-24-27-31-35-40-52-42-45(43-54-56(50,51)53-41-39-47(3,4)5)55-46(49)38-34-30-26-23-22-25-29-33-37-44(48)36-32-28-13-11-9-7-2/h23,25-26,28-29,32-33,35,37,40,44-45,48H,6-22,24,27,30-31,34,36,38-39,41-43H2,1-5H3/b26-23-,29-25-,32-28-,37-33+,40-35-. The van der Waals surface area contributed by atoms with Crippen molar-refractivity contribution in [3.63, 3.8) is 0 Å². The van der Waals surface area contributed by atoms with E-state index < -0.39 is 26.0 Å². The van der Waals surface area contributed by atoms with E-state index in [2.05, 4.69) is 19.9 Å². The van der Waals surface area contributed by atoms with Crippen LogP contribution in [-0.2, 0) is 27.9 Å². The first-order valence-electron chi connectivity index (χ1n) is 22.2. The molecule has 0 aliphatic rings. The first-order chi connectivity index (χ1) is 27.0. The van der Waals surface area contributed by atoms with E-state index in [9.17, 15) is 19.4 Å². The second-order valence-corrected chi connectivity index (χ2v) is 17.4. The molecule has 9 nitrogen and oxygen atoms in total. The number of hydrogen-bond acceptors (Lipinski definition) is 8. The quantitative estimate of drug-likeness (QED) is 0.0124. The lowest BCUT2D eigenvalue weighted by atomic mass is 10.0. The molecule has 0 aromatic carbocycles. The van der Waals surface area contributed by atoms with Crippen LogP contribution in [0.15, 0.2) is 60.9 Å². The highest BCUT2D eigenvalue weighted by atomic mass is 31.2. The van der Waals surface area contributed by atoms with Gasteiger partial charge in [-0.15, -0.1) is 0 Å². The highest BCUT2D eigenvalue weighted by Gasteiger charge is 2.20. The first-order valence-corrected chi connectivity index (χ1v) is 23.6. The van der Waals surface area contributed by atoms with E-state index in [1.807, 2.05) is 63.7 Å². The number of aliphatic hydroxyl groups excluding tert-OH is 1. The van der Waals surface area contributed by atoms with Crippen molar-refractivity contribution in [3.8, 4) is 0 Å². The van der Waals surface area contributed by atoms with Crippen molar-refractivity contribution in [2.24, 2.45) is 0 Å². The zero-order valence-corrected chi connectivity index (χ0v) is 37.3. The maximum atomic E-state index is 12.6. The Hall–Kier alpha value is -2.00. The van der Waals surface area contributed by atoms with Gasteiger partial charge in [0.15, 0.2) is 6.10 Å². The van der Waals surface area contributed by atoms with Crippen molar-refractivity contribution < 1.29 is 42.4 Å². The summed E-state index contributed by atoms with van der Waals surface area (Å²) in [6.07, 6.45) is 45.0. The minimum Gasteiger partial charge on any atom is -0.756 e. The third-order valence-electron chi connectivity index (χ3n) is 9.22. The number of phosphoric acid groups is 1. The molecule has 0 bridgehead atoms. The molecule has 10 heteroatoms. The number of carbonyl (C=O) groups is 1. The molecular formula is C46H84NO8P. The molecule has 0 aromatic heterocycles. The molecule has 56 heavy (non-hydrogen) atoms. The van der Waals surface area contributed by atoms with Crippen LogP contribution >= 0.6 is 7.82 Å². The van der Waals surface area contributed by atoms with Crippen LogP contribution in [0.5, 0.6) is 0 Å². The number of rotatable bonds is 40. The molecule has 1 N–H and O–H groups in total.